The Morgan fingerprint density at radius 1 is 0.600 bits per heavy atom. The van der Waals surface area contributed by atoms with Crippen LogP contribution >= 0.6 is 0 Å². The summed E-state index contributed by atoms with van der Waals surface area (Å²) in [5.41, 5.74) is 0. The summed E-state index contributed by atoms with van der Waals surface area (Å²) in [6.07, 6.45) is 29.4. The highest BCUT2D eigenvalue weighted by Crippen LogP contribution is 2.13. The molecule has 0 bridgehead atoms. The van der Waals surface area contributed by atoms with Crippen molar-refractivity contribution in [1.29, 1.82) is 0 Å². The Morgan fingerprint density at radius 2 is 1.02 bits per heavy atom. The summed E-state index contributed by atoms with van der Waals surface area (Å²) in [6, 6.07) is -1.01. The SMILES string of the molecule is CCCCCC/C=C\CCC(O)C(=O)NC(CO)C(O)C(O)CCC/C=C/CCCCCCCCCCCCC. The van der Waals surface area contributed by atoms with Crippen LogP contribution in [0.1, 0.15) is 155 Å². The molecule has 0 aromatic heterocycles. The van der Waals surface area contributed by atoms with Crippen LogP contribution in [0.3, 0.4) is 0 Å². The van der Waals surface area contributed by atoms with Crippen molar-refractivity contribution in [3.63, 3.8) is 0 Å². The third-order valence-electron chi connectivity index (χ3n) is 7.64. The van der Waals surface area contributed by atoms with Crippen molar-refractivity contribution in [3.8, 4) is 0 Å². The first-order valence-corrected chi connectivity index (χ1v) is 16.7. The zero-order chi connectivity index (χ0) is 29.7. The smallest absolute Gasteiger partial charge is 0.249 e. The van der Waals surface area contributed by atoms with Gasteiger partial charge in [-0.1, -0.05) is 122 Å². The maximum atomic E-state index is 12.3. The van der Waals surface area contributed by atoms with E-state index >= 15 is 0 Å². The molecular weight excluding hydrogens is 502 g/mol. The highest BCUT2D eigenvalue weighted by molar-refractivity contribution is 5.80. The maximum Gasteiger partial charge on any atom is 0.249 e. The Kier molecular flexibility index (Phi) is 28.4. The molecule has 0 spiro atoms. The van der Waals surface area contributed by atoms with Gasteiger partial charge in [0.25, 0.3) is 0 Å². The molecule has 0 heterocycles. The summed E-state index contributed by atoms with van der Waals surface area (Å²) < 4.78 is 0. The molecule has 4 unspecified atom stereocenters. The highest BCUT2D eigenvalue weighted by atomic mass is 16.3. The number of amides is 1. The van der Waals surface area contributed by atoms with E-state index in [2.05, 4.69) is 37.4 Å². The summed E-state index contributed by atoms with van der Waals surface area (Å²) in [7, 11) is 0. The highest BCUT2D eigenvalue weighted by Gasteiger charge is 2.28. The van der Waals surface area contributed by atoms with Crippen LogP contribution in [0.2, 0.25) is 0 Å². The summed E-state index contributed by atoms with van der Waals surface area (Å²) in [6.45, 7) is 3.94. The second kappa shape index (κ2) is 29.3. The third kappa shape index (κ3) is 23.5. The molecule has 6 nitrogen and oxygen atoms in total. The van der Waals surface area contributed by atoms with Gasteiger partial charge in [0, 0.05) is 0 Å². The van der Waals surface area contributed by atoms with E-state index in [-0.39, 0.29) is 6.42 Å². The Hall–Kier alpha value is -1.21. The van der Waals surface area contributed by atoms with Gasteiger partial charge in [0.05, 0.1) is 18.8 Å². The fourth-order valence-electron chi connectivity index (χ4n) is 4.87. The van der Waals surface area contributed by atoms with Gasteiger partial charge in [-0.2, -0.15) is 0 Å². The van der Waals surface area contributed by atoms with Gasteiger partial charge in [-0.05, 0) is 57.8 Å². The molecule has 0 rings (SSSR count). The molecule has 0 aromatic rings. The van der Waals surface area contributed by atoms with Crippen LogP contribution in [0.15, 0.2) is 24.3 Å². The number of carbonyl (C=O) groups is 1. The number of aliphatic hydroxyl groups excluding tert-OH is 4. The summed E-state index contributed by atoms with van der Waals surface area (Å²) in [5.74, 6) is -0.632. The van der Waals surface area contributed by atoms with Crippen molar-refractivity contribution in [2.45, 2.75) is 179 Å². The molecule has 0 saturated heterocycles. The number of allylic oxidation sites excluding steroid dienone is 4. The molecule has 0 aliphatic rings. The van der Waals surface area contributed by atoms with Crippen molar-refractivity contribution >= 4 is 5.91 Å². The van der Waals surface area contributed by atoms with Crippen molar-refractivity contribution < 1.29 is 25.2 Å². The molecular formula is C34H65NO5. The lowest BCUT2D eigenvalue weighted by Crippen LogP contribution is -2.53. The monoisotopic (exact) mass is 567 g/mol. The van der Waals surface area contributed by atoms with Crippen LogP contribution in [0.25, 0.3) is 0 Å². The third-order valence-corrected chi connectivity index (χ3v) is 7.64. The van der Waals surface area contributed by atoms with E-state index in [0.29, 0.717) is 19.3 Å². The molecule has 1 amide bonds. The van der Waals surface area contributed by atoms with Crippen molar-refractivity contribution in [2.24, 2.45) is 0 Å². The summed E-state index contributed by atoms with van der Waals surface area (Å²) >= 11 is 0. The molecule has 236 valence electrons. The zero-order valence-corrected chi connectivity index (χ0v) is 26.1. The first-order chi connectivity index (χ1) is 19.5. The number of hydrogen-bond donors (Lipinski definition) is 5. The average molecular weight is 568 g/mol. The van der Waals surface area contributed by atoms with Gasteiger partial charge in [-0.25, -0.2) is 0 Å². The lowest BCUT2D eigenvalue weighted by molar-refractivity contribution is -0.132. The second-order valence-corrected chi connectivity index (χ2v) is 11.5. The molecule has 0 aromatic carbocycles. The van der Waals surface area contributed by atoms with Gasteiger partial charge in [-0.3, -0.25) is 4.79 Å². The molecule has 4 atom stereocenters. The molecule has 5 N–H and O–H groups in total. The Balaban J connectivity index is 3.91. The molecule has 0 fully saturated rings. The van der Waals surface area contributed by atoms with Gasteiger partial charge in [-0.15, -0.1) is 0 Å². The molecule has 0 aliphatic heterocycles. The first-order valence-electron chi connectivity index (χ1n) is 16.7. The molecule has 40 heavy (non-hydrogen) atoms. The number of aliphatic hydroxyl groups is 4. The summed E-state index contributed by atoms with van der Waals surface area (Å²) in [4.78, 5) is 12.3. The minimum Gasteiger partial charge on any atom is -0.394 e. The number of carbonyl (C=O) groups excluding carboxylic acids is 1. The fourth-order valence-corrected chi connectivity index (χ4v) is 4.87. The minimum absolute atomic E-state index is 0.277. The first kappa shape index (κ1) is 38.8. The van der Waals surface area contributed by atoms with Gasteiger partial charge in [0.15, 0.2) is 0 Å². The van der Waals surface area contributed by atoms with Crippen LogP contribution in [0, 0.1) is 0 Å². The normalized spacial score (nSPS) is 15.1. The van der Waals surface area contributed by atoms with Gasteiger partial charge >= 0.3 is 0 Å². The van der Waals surface area contributed by atoms with E-state index in [1.54, 1.807) is 0 Å². The van der Waals surface area contributed by atoms with Gasteiger partial charge < -0.3 is 25.7 Å². The van der Waals surface area contributed by atoms with Crippen LogP contribution in [0.4, 0.5) is 0 Å². The predicted molar refractivity (Wildman–Crippen MR) is 168 cm³/mol. The minimum atomic E-state index is -1.29. The van der Waals surface area contributed by atoms with Crippen LogP contribution < -0.4 is 5.32 Å². The standard InChI is InChI=1S/C34H65NO5/c1-3-5-7-9-11-13-14-15-16-17-18-19-20-22-23-25-27-31(37)33(39)30(29-36)35-34(40)32(38)28-26-24-21-12-10-8-6-4-2/h20-22,24,30-33,36-39H,3-19,23,25-29H2,1-2H3,(H,35,40)/b22-20+,24-21-. The predicted octanol–water partition coefficient (Wildman–Crippen LogP) is 7.28. The molecule has 0 saturated carbocycles. The maximum absolute atomic E-state index is 12.3. The van der Waals surface area contributed by atoms with E-state index in [1.165, 1.54) is 89.9 Å². The summed E-state index contributed by atoms with van der Waals surface area (Å²) in [5, 5.41) is 43.0. The largest absolute Gasteiger partial charge is 0.394 e. The Labute approximate surface area is 246 Å². The number of nitrogens with one attached hydrogen (secondary N) is 1. The molecule has 0 radical (unpaired) electrons. The quantitative estimate of drug-likeness (QED) is 0.0482. The zero-order valence-electron chi connectivity index (χ0n) is 26.1. The van der Waals surface area contributed by atoms with E-state index < -0.39 is 36.9 Å². The molecule has 6 heteroatoms. The number of hydrogen-bond acceptors (Lipinski definition) is 5. The Morgan fingerprint density at radius 3 is 1.52 bits per heavy atom. The van der Waals surface area contributed by atoms with Crippen molar-refractivity contribution in [3.05, 3.63) is 24.3 Å². The van der Waals surface area contributed by atoms with Gasteiger partial charge in [0.2, 0.25) is 5.91 Å². The van der Waals surface area contributed by atoms with Crippen LogP contribution in [0.5, 0.6) is 0 Å². The second-order valence-electron chi connectivity index (χ2n) is 11.5. The van der Waals surface area contributed by atoms with Crippen LogP contribution in [-0.4, -0.2) is 57.3 Å². The average Bonchev–Trinajstić information content (AvgIpc) is 2.96. The van der Waals surface area contributed by atoms with Crippen LogP contribution in [-0.2, 0) is 4.79 Å². The lowest BCUT2D eigenvalue weighted by Gasteiger charge is -2.27. The lowest BCUT2D eigenvalue weighted by atomic mass is 10.00. The van der Waals surface area contributed by atoms with Crippen molar-refractivity contribution in [2.75, 3.05) is 6.61 Å². The van der Waals surface area contributed by atoms with E-state index in [0.717, 1.165) is 25.7 Å². The van der Waals surface area contributed by atoms with E-state index in [4.69, 9.17) is 0 Å². The number of rotatable bonds is 29. The Bertz CT molecular complexity index is 609. The fraction of sp³-hybridized carbons (Fsp3) is 0.853. The number of unbranched alkanes of at least 4 members (excludes halogenated alkanes) is 16. The van der Waals surface area contributed by atoms with E-state index in [1.807, 2.05) is 6.08 Å². The van der Waals surface area contributed by atoms with Gasteiger partial charge in [0.1, 0.15) is 12.2 Å². The topological polar surface area (TPSA) is 110 Å². The molecule has 0 aliphatic carbocycles. The van der Waals surface area contributed by atoms with E-state index in [9.17, 15) is 25.2 Å². The van der Waals surface area contributed by atoms with Crippen molar-refractivity contribution in [1.82, 2.24) is 5.32 Å².